The third-order valence-corrected chi connectivity index (χ3v) is 7.22. The fourth-order valence-corrected chi connectivity index (χ4v) is 5.54. The molecule has 0 unspecified atom stereocenters. The van der Waals surface area contributed by atoms with E-state index in [1.54, 1.807) is 0 Å². The van der Waals surface area contributed by atoms with Crippen LogP contribution in [0.5, 0.6) is 0 Å². The van der Waals surface area contributed by atoms with E-state index in [0.29, 0.717) is 25.9 Å². The summed E-state index contributed by atoms with van der Waals surface area (Å²) in [5.74, 6) is -0.904. The van der Waals surface area contributed by atoms with E-state index in [-0.39, 0.29) is 29.6 Å². The number of allylic oxidation sites excluding steroid dienone is 1. The molecule has 2 rings (SSSR count). The topological polar surface area (TPSA) is 75.7 Å². The minimum absolute atomic E-state index is 0.0142. The molecule has 2 atom stereocenters. The molecule has 2 aliphatic rings. The molecule has 6 heteroatoms. The summed E-state index contributed by atoms with van der Waals surface area (Å²) in [6.07, 6.45) is 12.7. The Morgan fingerprint density at radius 2 is 1.76 bits per heavy atom. The SMILES string of the molecule is CCCCCCCCN1C(=O)[C@H](CC(=O)NCCCC)C[C@@]2(C(=O)OC)CC(C)(C)CC=C12. The van der Waals surface area contributed by atoms with Crippen LogP contribution in [-0.2, 0) is 19.1 Å². The zero-order valence-electron chi connectivity index (χ0n) is 21.6. The maximum Gasteiger partial charge on any atom is 0.317 e. The number of likely N-dealkylation sites (tertiary alicyclic amines) is 1. The summed E-state index contributed by atoms with van der Waals surface area (Å²) in [7, 11) is 1.43. The molecule has 0 saturated carbocycles. The van der Waals surface area contributed by atoms with Gasteiger partial charge in [0.25, 0.3) is 0 Å². The molecule has 1 N–H and O–H groups in total. The molecule has 1 aliphatic heterocycles. The summed E-state index contributed by atoms with van der Waals surface area (Å²) in [5.41, 5.74) is -0.117. The Bertz CT molecular complexity index is 715. The van der Waals surface area contributed by atoms with Gasteiger partial charge in [0.2, 0.25) is 11.8 Å². The molecule has 0 radical (unpaired) electrons. The Kier molecular flexibility index (Phi) is 10.4. The summed E-state index contributed by atoms with van der Waals surface area (Å²) in [6.45, 7) is 9.82. The number of nitrogens with one attached hydrogen (secondary N) is 1. The number of rotatable bonds is 13. The Hall–Kier alpha value is -1.85. The highest BCUT2D eigenvalue weighted by atomic mass is 16.5. The second-order valence-corrected chi connectivity index (χ2v) is 10.8. The van der Waals surface area contributed by atoms with Gasteiger partial charge in [0.05, 0.1) is 7.11 Å². The van der Waals surface area contributed by atoms with Gasteiger partial charge in [-0.25, -0.2) is 0 Å². The molecule has 1 aliphatic carbocycles. The van der Waals surface area contributed by atoms with Crippen molar-refractivity contribution >= 4 is 17.8 Å². The van der Waals surface area contributed by atoms with Crippen LogP contribution in [0.1, 0.15) is 105 Å². The third kappa shape index (κ3) is 7.07. The van der Waals surface area contributed by atoms with Gasteiger partial charge in [-0.1, -0.05) is 72.3 Å². The summed E-state index contributed by atoms with van der Waals surface area (Å²) in [4.78, 5) is 41.3. The predicted octanol–water partition coefficient (Wildman–Crippen LogP) is 5.37. The second kappa shape index (κ2) is 12.6. The lowest BCUT2D eigenvalue weighted by molar-refractivity contribution is -0.162. The number of esters is 1. The Labute approximate surface area is 200 Å². The molecule has 0 aromatic heterocycles. The Morgan fingerprint density at radius 3 is 2.42 bits per heavy atom. The first-order valence-corrected chi connectivity index (χ1v) is 13.1. The van der Waals surface area contributed by atoms with Crippen molar-refractivity contribution in [1.82, 2.24) is 10.2 Å². The smallest absolute Gasteiger partial charge is 0.317 e. The molecule has 0 bridgehead atoms. The van der Waals surface area contributed by atoms with E-state index in [1.165, 1.54) is 26.4 Å². The molecule has 0 spiro atoms. The van der Waals surface area contributed by atoms with Gasteiger partial charge in [-0.05, 0) is 37.5 Å². The molecule has 2 amide bonds. The highest BCUT2D eigenvalue weighted by molar-refractivity contribution is 5.92. The molecular weight excluding hydrogens is 416 g/mol. The molecule has 188 valence electrons. The van der Waals surface area contributed by atoms with Crippen LogP contribution >= 0.6 is 0 Å². The average Bonchev–Trinajstić information content (AvgIpc) is 2.77. The zero-order valence-corrected chi connectivity index (χ0v) is 21.6. The first-order chi connectivity index (χ1) is 15.7. The number of fused-ring (bicyclic) bond motifs is 1. The van der Waals surface area contributed by atoms with Gasteiger partial charge in [0.15, 0.2) is 0 Å². The number of hydrogen-bond acceptors (Lipinski definition) is 4. The number of carbonyl (C=O) groups excluding carboxylic acids is 3. The lowest BCUT2D eigenvalue weighted by Crippen LogP contribution is -2.56. The second-order valence-electron chi connectivity index (χ2n) is 10.8. The molecule has 1 saturated heterocycles. The zero-order chi connectivity index (χ0) is 24.5. The van der Waals surface area contributed by atoms with Crippen LogP contribution in [0.4, 0.5) is 0 Å². The van der Waals surface area contributed by atoms with E-state index >= 15 is 0 Å². The van der Waals surface area contributed by atoms with Crippen molar-refractivity contribution in [2.75, 3.05) is 20.2 Å². The molecule has 0 aromatic rings. The van der Waals surface area contributed by atoms with E-state index in [2.05, 4.69) is 39.1 Å². The Balaban J connectivity index is 2.27. The molecule has 1 heterocycles. The van der Waals surface area contributed by atoms with Crippen molar-refractivity contribution in [3.05, 3.63) is 11.8 Å². The number of hydrogen-bond donors (Lipinski definition) is 1. The lowest BCUT2D eigenvalue weighted by atomic mass is 9.59. The van der Waals surface area contributed by atoms with Gasteiger partial charge in [0.1, 0.15) is 5.41 Å². The van der Waals surface area contributed by atoms with E-state index in [9.17, 15) is 14.4 Å². The largest absolute Gasteiger partial charge is 0.468 e. The van der Waals surface area contributed by atoms with Crippen molar-refractivity contribution in [2.24, 2.45) is 16.7 Å². The van der Waals surface area contributed by atoms with Gasteiger partial charge in [-0.3, -0.25) is 14.4 Å². The Morgan fingerprint density at radius 1 is 1.09 bits per heavy atom. The minimum atomic E-state index is -0.860. The summed E-state index contributed by atoms with van der Waals surface area (Å²) in [6, 6.07) is 0. The first kappa shape index (κ1) is 27.4. The van der Waals surface area contributed by atoms with Crippen molar-refractivity contribution in [1.29, 1.82) is 0 Å². The van der Waals surface area contributed by atoms with Crippen LogP contribution in [0.25, 0.3) is 0 Å². The summed E-state index contributed by atoms with van der Waals surface area (Å²) < 4.78 is 5.31. The monoisotopic (exact) mass is 462 g/mol. The number of unbranched alkanes of at least 4 members (excludes halogenated alkanes) is 6. The highest BCUT2D eigenvalue weighted by Gasteiger charge is 2.57. The number of piperidine rings is 1. The maximum absolute atomic E-state index is 13.6. The number of ether oxygens (including phenoxy) is 1. The lowest BCUT2D eigenvalue weighted by Gasteiger charge is -2.51. The van der Waals surface area contributed by atoms with Gasteiger partial charge in [-0.15, -0.1) is 0 Å². The van der Waals surface area contributed by atoms with Crippen LogP contribution < -0.4 is 5.32 Å². The van der Waals surface area contributed by atoms with Crippen LogP contribution in [0, 0.1) is 16.7 Å². The number of nitrogens with zero attached hydrogens (tertiary/aromatic N) is 1. The van der Waals surface area contributed by atoms with Crippen molar-refractivity contribution in [2.45, 2.75) is 105 Å². The number of amides is 2. The predicted molar refractivity (Wildman–Crippen MR) is 131 cm³/mol. The van der Waals surface area contributed by atoms with E-state index in [0.717, 1.165) is 44.2 Å². The minimum Gasteiger partial charge on any atom is -0.468 e. The van der Waals surface area contributed by atoms with Crippen LogP contribution in [0.15, 0.2) is 11.8 Å². The molecule has 1 fully saturated rings. The fraction of sp³-hybridized carbons (Fsp3) is 0.815. The summed E-state index contributed by atoms with van der Waals surface area (Å²) in [5, 5.41) is 2.94. The van der Waals surface area contributed by atoms with Crippen molar-refractivity contribution in [3.8, 4) is 0 Å². The molecule has 6 nitrogen and oxygen atoms in total. The van der Waals surface area contributed by atoms with E-state index in [1.807, 2.05) is 4.90 Å². The quantitative estimate of drug-likeness (QED) is 0.295. The van der Waals surface area contributed by atoms with Gasteiger partial charge in [-0.2, -0.15) is 0 Å². The summed E-state index contributed by atoms with van der Waals surface area (Å²) >= 11 is 0. The maximum atomic E-state index is 13.6. The number of carbonyl (C=O) groups is 3. The van der Waals surface area contributed by atoms with E-state index < -0.39 is 11.3 Å². The van der Waals surface area contributed by atoms with E-state index in [4.69, 9.17) is 4.74 Å². The molecular formula is C27H46N2O4. The van der Waals surface area contributed by atoms with Crippen molar-refractivity contribution < 1.29 is 19.1 Å². The van der Waals surface area contributed by atoms with Crippen LogP contribution in [-0.4, -0.2) is 42.9 Å². The first-order valence-electron chi connectivity index (χ1n) is 13.1. The highest BCUT2D eigenvalue weighted by Crippen LogP contribution is 2.54. The van der Waals surface area contributed by atoms with Gasteiger partial charge < -0.3 is 15.0 Å². The standard InChI is InChI=1S/C27H46N2O4/c1-6-8-10-11-12-13-17-29-22-14-15-26(3,4)20-27(22,25(32)33-5)19-21(24(29)31)18-23(30)28-16-9-7-2/h14,21H,6-13,15-20H2,1-5H3,(H,28,30)/t21-,27-/m1/s1. The number of methoxy groups -OCH3 is 1. The fourth-order valence-electron chi connectivity index (χ4n) is 5.54. The van der Waals surface area contributed by atoms with Crippen LogP contribution in [0.2, 0.25) is 0 Å². The molecule has 0 aromatic carbocycles. The van der Waals surface area contributed by atoms with Crippen molar-refractivity contribution in [3.63, 3.8) is 0 Å². The van der Waals surface area contributed by atoms with Gasteiger partial charge >= 0.3 is 5.97 Å². The third-order valence-electron chi connectivity index (χ3n) is 7.22. The van der Waals surface area contributed by atoms with Gasteiger partial charge in [0, 0.05) is 31.1 Å². The molecule has 33 heavy (non-hydrogen) atoms. The average molecular weight is 463 g/mol. The van der Waals surface area contributed by atoms with Crippen LogP contribution in [0.3, 0.4) is 0 Å². The normalized spacial score (nSPS) is 24.2.